The Morgan fingerprint density at radius 2 is 1.86 bits per heavy atom. The zero-order valence-corrected chi connectivity index (χ0v) is 17.7. The van der Waals surface area contributed by atoms with E-state index in [1.807, 2.05) is 55.5 Å². The molecule has 2 aromatic carbocycles. The lowest BCUT2D eigenvalue weighted by atomic mass is 9.98. The molecular weight excluding hydrogens is 411 g/mol. The van der Waals surface area contributed by atoms with E-state index >= 15 is 0 Å². The molecule has 0 spiro atoms. The van der Waals surface area contributed by atoms with Gasteiger partial charge >= 0.3 is 5.97 Å². The monoisotopic (exact) mass is 434 g/mol. The molecule has 29 heavy (non-hydrogen) atoms. The van der Waals surface area contributed by atoms with Crippen LogP contribution in [0.2, 0.25) is 5.02 Å². The van der Waals surface area contributed by atoms with E-state index in [1.165, 1.54) is 0 Å². The maximum absolute atomic E-state index is 11.1. The van der Waals surface area contributed by atoms with Crippen LogP contribution in [0.5, 0.6) is 0 Å². The van der Waals surface area contributed by atoms with E-state index in [0.717, 1.165) is 29.7 Å². The minimum atomic E-state index is -0.857. The molecule has 154 valence electrons. The summed E-state index contributed by atoms with van der Waals surface area (Å²) in [6.45, 7) is 4.25. The number of carboxylic acids is 1. The zero-order chi connectivity index (χ0) is 19.9. The SMILES string of the molecule is Cc1ccccc1C(=NOCCN1CCC=C(C(=O)O)C1)c1ccccc1Cl.Cl. The molecule has 5 nitrogen and oxygen atoms in total. The normalized spacial score (nSPS) is 14.7. The average Bonchev–Trinajstić information content (AvgIpc) is 2.70. The fraction of sp³-hybridized carbons (Fsp3) is 0.273. The summed E-state index contributed by atoms with van der Waals surface area (Å²) < 4.78 is 0. The Bertz CT molecular complexity index is 865. The maximum Gasteiger partial charge on any atom is 0.332 e. The van der Waals surface area contributed by atoms with Gasteiger partial charge in [-0.05, 0) is 25.0 Å². The number of halogens is 2. The topological polar surface area (TPSA) is 62.1 Å². The van der Waals surface area contributed by atoms with E-state index in [0.29, 0.717) is 36.0 Å². The number of oxime groups is 1. The molecule has 0 fully saturated rings. The second kappa shape index (κ2) is 11.0. The van der Waals surface area contributed by atoms with Crippen LogP contribution in [-0.4, -0.2) is 47.9 Å². The van der Waals surface area contributed by atoms with E-state index in [-0.39, 0.29) is 12.4 Å². The van der Waals surface area contributed by atoms with Crippen LogP contribution < -0.4 is 0 Å². The highest BCUT2D eigenvalue weighted by Gasteiger charge is 2.17. The molecule has 0 aliphatic carbocycles. The van der Waals surface area contributed by atoms with E-state index in [1.54, 1.807) is 6.08 Å². The molecular formula is C22H24Cl2N2O3. The van der Waals surface area contributed by atoms with Gasteiger partial charge in [0.1, 0.15) is 12.3 Å². The van der Waals surface area contributed by atoms with E-state index < -0.39 is 5.97 Å². The van der Waals surface area contributed by atoms with Crippen LogP contribution in [0.3, 0.4) is 0 Å². The van der Waals surface area contributed by atoms with E-state index in [2.05, 4.69) is 10.1 Å². The number of carbonyl (C=O) groups is 1. The number of aryl methyl sites for hydroxylation is 1. The number of hydrogen-bond acceptors (Lipinski definition) is 4. The van der Waals surface area contributed by atoms with E-state index in [4.69, 9.17) is 21.5 Å². The third-order valence-electron chi connectivity index (χ3n) is 4.69. The highest BCUT2D eigenvalue weighted by Crippen LogP contribution is 2.22. The van der Waals surface area contributed by atoms with Crippen LogP contribution in [0.4, 0.5) is 0 Å². The maximum atomic E-state index is 11.1. The molecule has 0 amide bonds. The lowest BCUT2D eigenvalue weighted by Crippen LogP contribution is -2.34. The first kappa shape index (κ1) is 22.9. The van der Waals surface area contributed by atoms with Gasteiger partial charge in [-0.15, -0.1) is 12.4 Å². The minimum Gasteiger partial charge on any atom is -0.478 e. The first-order valence-corrected chi connectivity index (χ1v) is 9.59. The van der Waals surface area contributed by atoms with Gasteiger partial charge in [0.05, 0.1) is 5.02 Å². The second-order valence-corrected chi connectivity index (χ2v) is 7.07. The first-order chi connectivity index (χ1) is 13.6. The smallest absolute Gasteiger partial charge is 0.332 e. The number of carboxylic acid groups (broad SMARTS) is 1. The molecule has 0 aromatic heterocycles. The van der Waals surface area contributed by atoms with E-state index in [9.17, 15) is 4.79 Å². The molecule has 0 saturated carbocycles. The predicted molar refractivity (Wildman–Crippen MR) is 118 cm³/mol. The molecule has 0 saturated heterocycles. The fourth-order valence-corrected chi connectivity index (χ4v) is 3.39. The van der Waals surface area contributed by atoms with Crippen LogP contribution in [0.1, 0.15) is 23.1 Å². The first-order valence-electron chi connectivity index (χ1n) is 9.22. The fourth-order valence-electron chi connectivity index (χ4n) is 3.17. The molecule has 0 bridgehead atoms. The lowest BCUT2D eigenvalue weighted by Gasteiger charge is -2.24. The summed E-state index contributed by atoms with van der Waals surface area (Å²) in [6, 6.07) is 15.5. The molecule has 0 unspecified atom stereocenters. The van der Waals surface area contributed by atoms with Crippen molar-refractivity contribution in [2.75, 3.05) is 26.2 Å². The summed E-state index contributed by atoms with van der Waals surface area (Å²) in [7, 11) is 0. The van der Waals surface area contributed by atoms with Crippen molar-refractivity contribution in [3.05, 3.63) is 81.9 Å². The van der Waals surface area contributed by atoms with Gasteiger partial charge in [0.15, 0.2) is 0 Å². The summed E-state index contributed by atoms with van der Waals surface area (Å²) in [5.41, 5.74) is 3.98. The van der Waals surface area contributed by atoms with Gasteiger partial charge in [-0.3, -0.25) is 4.90 Å². The van der Waals surface area contributed by atoms with Crippen molar-refractivity contribution in [2.24, 2.45) is 5.16 Å². The average molecular weight is 435 g/mol. The third kappa shape index (κ3) is 6.07. The van der Waals surface area contributed by atoms with Gasteiger partial charge in [0.2, 0.25) is 0 Å². The van der Waals surface area contributed by atoms with Crippen molar-refractivity contribution < 1.29 is 14.7 Å². The van der Waals surface area contributed by atoms with Gasteiger partial charge in [-0.1, -0.05) is 65.3 Å². The predicted octanol–water partition coefficient (Wildman–Crippen LogP) is 4.56. The van der Waals surface area contributed by atoms with Crippen molar-refractivity contribution in [3.8, 4) is 0 Å². The Balaban J connectivity index is 0.00000300. The highest BCUT2D eigenvalue weighted by atomic mass is 35.5. The highest BCUT2D eigenvalue weighted by molar-refractivity contribution is 6.35. The van der Waals surface area contributed by atoms with Crippen molar-refractivity contribution in [1.29, 1.82) is 0 Å². The Morgan fingerprint density at radius 1 is 1.17 bits per heavy atom. The van der Waals surface area contributed by atoms with Gasteiger partial charge in [0.25, 0.3) is 0 Å². The Kier molecular flexibility index (Phi) is 8.70. The molecule has 1 N–H and O–H groups in total. The van der Waals surface area contributed by atoms with Gasteiger partial charge in [-0.2, -0.15) is 0 Å². The van der Waals surface area contributed by atoms with Gasteiger partial charge in [-0.25, -0.2) is 4.79 Å². The Morgan fingerprint density at radius 3 is 2.55 bits per heavy atom. The number of hydrogen-bond donors (Lipinski definition) is 1. The lowest BCUT2D eigenvalue weighted by molar-refractivity contribution is -0.133. The molecule has 0 atom stereocenters. The number of rotatable bonds is 7. The second-order valence-electron chi connectivity index (χ2n) is 6.67. The summed E-state index contributed by atoms with van der Waals surface area (Å²) in [4.78, 5) is 18.8. The number of aliphatic carboxylic acids is 1. The van der Waals surface area contributed by atoms with Crippen LogP contribution in [0.15, 0.2) is 65.3 Å². The zero-order valence-electron chi connectivity index (χ0n) is 16.2. The Hall–Kier alpha value is -2.34. The molecule has 2 aromatic rings. The van der Waals surface area contributed by atoms with Crippen LogP contribution >= 0.6 is 24.0 Å². The number of nitrogens with zero attached hydrogens (tertiary/aromatic N) is 2. The summed E-state index contributed by atoms with van der Waals surface area (Å²) in [5, 5.41) is 14.2. The standard InChI is InChI=1S/C22H23ClN2O3.ClH/c1-16-7-2-3-9-18(16)21(19-10-4-5-11-20(19)23)24-28-14-13-25-12-6-8-17(15-25)22(26)27;/h2-5,7-11H,6,12-15H2,1H3,(H,26,27);1H. The quantitative estimate of drug-likeness (QED) is 0.394. The Labute approximate surface area is 182 Å². The largest absolute Gasteiger partial charge is 0.478 e. The summed E-state index contributed by atoms with van der Waals surface area (Å²) in [6.07, 6.45) is 2.52. The van der Waals surface area contributed by atoms with Crippen molar-refractivity contribution in [1.82, 2.24) is 4.90 Å². The summed E-state index contributed by atoms with van der Waals surface area (Å²) in [5.74, 6) is -0.857. The van der Waals surface area contributed by atoms with Gasteiger partial charge in [0, 0.05) is 36.3 Å². The van der Waals surface area contributed by atoms with Crippen LogP contribution in [-0.2, 0) is 9.63 Å². The van der Waals surface area contributed by atoms with Crippen LogP contribution in [0.25, 0.3) is 0 Å². The van der Waals surface area contributed by atoms with Crippen molar-refractivity contribution in [3.63, 3.8) is 0 Å². The molecule has 0 radical (unpaired) electrons. The number of benzene rings is 2. The molecule has 1 aliphatic rings. The third-order valence-corrected chi connectivity index (χ3v) is 5.02. The minimum absolute atomic E-state index is 0. The van der Waals surface area contributed by atoms with Crippen molar-refractivity contribution >= 4 is 35.7 Å². The molecule has 1 heterocycles. The molecule has 3 rings (SSSR count). The van der Waals surface area contributed by atoms with Gasteiger partial charge < -0.3 is 9.94 Å². The summed E-state index contributed by atoms with van der Waals surface area (Å²) >= 11 is 6.40. The molecule has 7 heteroatoms. The molecule has 1 aliphatic heterocycles. The van der Waals surface area contributed by atoms with Crippen molar-refractivity contribution in [2.45, 2.75) is 13.3 Å². The van der Waals surface area contributed by atoms with Crippen LogP contribution in [0, 0.1) is 6.92 Å².